The lowest BCUT2D eigenvalue weighted by molar-refractivity contribution is 0.415. The third-order valence-corrected chi connectivity index (χ3v) is 6.41. The Morgan fingerprint density at radius 1 is 1.25 bits per heavy atom. The number of imidazole rings is 1. The summed E-state index contributed by atoms with van der Waals surface area (Å²) < 4.78 is 7.74. The molecular weight excluding hydrogens is 390 g/mol. The molecule has 0 aliphatic carbocycles. The van der Waals surface area contributed by atoms with E-state index in [-0.39, 0.29) is 0 Å². The third-order valence-electron chi connectivity index (χ3n) is 5.39. The number of methoxy groups -OCH3 is 1. The summed E-state index contributed by atoms with van der Waals surface area (Å²) in [6, 6.07) is 8.31. The van der Waals surface area contributed by atoms with Crippen molar-refractivity contribution in [3.63, 3.8) is 0 Å². The van der Waals surface area contributed by atoms with Gasteiger partial charge in [-0.05, 0) is 61.3 Å². The van der Waals surface area contributed by atoms with Crippen molar-refractivity contribution in [3.05, 3.63) is 40.4 Å². The molecule has 0 unspecified atom stereocenters. The molecule has 0 aliphatic rings. The molecule has 3 rings (SSSR count). The van der Waals surface area contributed by atoms with E-state index in [1.54, 1.807) is 18.9 Å². The van der Waals surface area contributed by atoms with E-state index in [1.165, 1.54) is 10.5 Å². The van der Waals surface area contributed by atoms with Crippen LogP contribution in [0.15, 0.2) is 29.2 Å². The molecule has 0 saturated heterocycles. The minimum Gasteiger partial charge on any atom is -0.495 e. The molecule has 0 spiro atoms. The zero-order valence-electron chi connectivity index (χ0n) is 17.4. The zero-order valence-corrected chi connectivity index (χ0v) is 19.0. The molecule has 0 aliphatic heterocycles. The van der Waals surface area contributed by atoms with Crippen LogP contribution in [0.4, 0.5) is 11.6 Å². The summed E-state index contributed by atoms with van der Waals surface area (Å²) in [5, 5.41) is 4.16. The highest BCUT2D eigenvalue weighted by Crippen LogP contribution is 2.38. The molecule has 0 bridgehead atoms. The molecule has 0 fully saturated rings. The molecule has 4 nitrogen and oxygen atoms in total. The highest BCUT2D eigenvalue weighted by Gasteiger charge is 2.20. The molecule has 0 amide bonds. The zero-order chi connectivity index (χ0) is 20.4. The Kier molecular flexibility index (Phi) is 6.46. The molecule has 2 aromatic carbocycles. The van der Waals surface area contributed by atoms with Gasteiger partial charge in [0, 0.05) is 11.9 Å². The van der Waals surface area contributed by atoms with Crippen molar-refractivity contribution in [3.8, 4) is 5.75 Å². The molecule has 1 heterocycles. The van der Waals surface area contributed by atoms with E-state index >= 15 is 0 Å². The van der Waals surface area contributed by atoms with Gasteiger partial charge in [-0.2, -0.15) is 0 Å². The molecule has 28 heavy (non-hydrogen) atoms. The number of aryl methyl sites for hydroxylation is 2. The minimum atomic E-state index is 0.486. The van der Waals surface area contributed by atoms with Gasteiger partial charge < -0.3 is 14.6 Å². The maximum atomic E-state index is 6.51. The Morgan fingerprint density at radius 3 is 2.57 bits per heavy atom. The van der Waals surface area contributed by atoms with Gasteiger partial charge in [0.2, 0.25) is 5.95 Å². The van der Waals surface area contributed by atoms with Crippen LogP contribution < -0.4 is 10.1 Å². The molecule has 150 valence electrons. The number of hydrogen-bond acceptors (Lipinski definition) is 4. The second-order valence-corrected chi connectivity index (χ2v) is 8.28. The monoisotopic (exact) mass is 417 g/mol. The summed E-state index contributed by atoms with van der Waals surface area (Å²) >= 11 is 8.21. The first-order valence-corrected chi connectivity index (χ1v) is 11.2. The Morgan fingerprint density at radius 2 is 1.96 bits per heavy atom. The standard InChI is InChI=1S/C22H28ClN3OS/c1-7-14(8-2)16-9-10-17(23)20-21(16)26(4)22(25-20)24-19-13(3)11-15(28-6)12-18(19)27-5/h9-12,14H,7-8H2,1-6H3,(H,24,25). The lowest BCUT2D eigenvalue weighted by Crippen LogP contribution is -2.04. The predicted molar refractivity (Wildman–Crippen MR) is 122 cm³/mol. The first kappa shape index (κ1) is 20.9. The fraction of sp³-hybridized carbons (Fsp3) is 0.409. The number of halogens is 1. The SMILES string of the molecule is CCC(CC)c1ccc(Cl)c2nc(Nc3c(C)cc(SC)cc3OC)n(C)c12. The minimum absolute atomic E-state index is 0.486. The van der Waals surface area contributed by atoms with Crippen LogP contribution in [0, 0.1) is 6.92 Å². The van der Waals surface area contributed by atoms with Crippen LogP contribution in [0.5, 0.6) is 5.75 Å². The van der Waals surface area contributed by atoms with Gasteiger partial charge in [-0.25, -0.2) is 4.98 Å². The second-order valence-electron chi connectivity index (χ2n) is 6.99. The Balaban J connectivity index is 2.15. The normalized spacial score (nSPS) is 11.4. The number of fused-ring (bicyclic) bond motifs is 1. The fourth-order valence-electron chi connectivity index (χ4n) is 3.76. The Bertz CT molecular complexity index is 995. The van der Waals surface area contributed by atoms with Crippen molar-refractivity contribution in [1.82, 2.24) is 9.55 Å². The number of rotatable bonds is 7. The molecule has 1 aromatic heterocycles. The molecule has 3 aromatic rings. The van der Waals surface area contributed by atoms with Gasteiger partial charge in [0.15, 0.2) is 0 Å². The molecule has 1 N–H and O–H groups in total. The predicted octanol–water partition coefficient (Wildman–Crippen LogP) is 6.91. The van der Waals surface area contributed by atoms with E-state index in [0.717, 1.165) is 46.8 Å². The van der Waals surface area contributed by atoms with Crippen LogP contribution >= 0.6 is 23.4 Å². The summed E-state index contributed by atoms with van der Waals surface area (Å²) in [7, 11) is 3.74. The van der Waals surface area contributed by atoms with Crippen LogP contribution in [0.2, 0.25) is 5.02 Å². The van der Waals surface area contributed by atoms with Crippen molar-refractivity contribution < 1.29 is 4.74 Å². The van der Waals surface area contributed by atoms with Gasteiger partial charge in [-0.1, -0.05) is 31.5 Å². The highest BCUT2D eigenvalue weighted by molar-refractivity contribution is 7.98. The average Bonchev–Trinajstić information content (AvgIpc) is 3.03. The van der Waals surface area contributed by atoms with Crippen molar-refractivity contribution >= 4 is 46.0 Å². The van der Waals surface area contributed by atoms with E-state index < -0.39 is 0 Å². The van der Waals surface area contributed by atoms with Crippen molar-refractivity contribution in [2.45, 2.75) is 44.4 Å². The fourth-order valence-corrected chi connectivity index (χ4v) is 4.47. The van der Waals surface area contributed by atoms with Crippen molar-refractivity contribution in [2.24, 2.45) is 7.05 Å². The van der Waals surface area contributed by atoms with E-state index in [4.69, 9.17) is 21.3 Å². The van der Waals surface area contributed by atoms with Crippen LogP contribution in [-0.4, -0.2) is 22.9 Å². The number of anilines is 2. The van der Waals surface area contributed by atoms with Crippen LogP contribution in [0.1, 0.15) is 43.7 Å². The summed E-state index contributed by atoms with van der Waals surface area (Å²) in [6.07, 6.45) is 4.24. The summed E-state index contributed by atoms with van der Waals surface area (Å²) in [5.74, 6) is 2.05. The van der Waals surface area contributed by atoms with Crippen molar-refractivity contribution in [2.75, 3.05) is 18.7 Å². The topological polar surface area (TPSA) is 39.1 Å². The lowest BCUT2D eigenvalue weighted by atomic mass is 9.93. The maximum Gasteiger partial charge on any atom is 0.208 e. The van der Waals surface area contributed by atoms with E-state index in [1.807, 2.05) is 19.2 Å². The molecule has 0 atom stereocenters. The number of ether oxygens (including phenoxy) is 1. The number of aromatic nitrogens is 2. The molecule has 0 saturated carbocycles. The highest BCUT2D eigenvalue weighted by atomic mass is 35.5. The quantitative estimate of drug-likeness (QED) is 0.424. The number of hydrogen-bond donors (Lipinski definition) is 1. The van der Waals surface area contributed by atoms with Crippen LogP contribution in [0.25, 0.3) is 11.0 Å². The largest absolute Gasteiger partial charge is 0.495 e. The number of nitrogens with zero attached hydrogens (tertiary/aromatic N) is 2. The van der Waals surface area contributed by atoms with Crippen molar-refractivity contribution in [1.29, 1.82) is 0 Å². The van der Waals surface area contributed by atoms with Gasteiger partial charge in [0.25, 0.3) is 0 Å². The Labute approximate surface area is 176 Å². The number of thioether (sulfide) groups is 1. The Hall–Kier alpha value is -1.85. The van der Waals surface area contributed by atoms with Crippen LogP contribution in [0.3, 0.4) is 0 Å². The summed E-state index contributed by atoms with van der Waals surface area (Å²) in [6.45, 7) is 6.53. The van der Waals surface area contributed by atoms with Gasteiger partial charge in [-0.3, -0.25) is 0 Å². The maximum absolute atomic E-state index is 6.51. The first-order valence-electron chi connectivity index (χ1n) is 9.59. The molecular formula is C22H28ClN3OS. The van der Waals surface area contributed by atoms with Gasteiger partial charge in [-0.15, -0.1) is 11.8 Å². The van der Waals surface area contributed by atoms with Gasteiger partial charge in [0.1, 0.15) is 11.3 Å². The van der Waals surface area contributed by atoms with Gasteiger partial charge >= 0.3 is 0 Å². The smallest absolute Gasteiger partial charge is 0.208 e. The first-order chi connectivity index (χ1) is 13.4. The summed E-state index contributed by atoms with van der Waals surface area (Å²) in [5.41, 5.74) is 5.28. The van der Waals surface area contributed by atoms with E-state index in [9.17, 15) is 0 Å². The summed E-state index contributed by atoms with van der Waals surface area (Å²) in [4.78, 5) is 6.01. The second kappa shape index (κ2) is 8.66. The third kappa shape index (κ3) is 3.70. The lowest BCUT2D eigenvalue weighted by Gasteiger charge is -2.17. The number of benzene rings is 2. The van der Waals surface area contributed by atoms with E-state index in [0.29, 0.717) is 10.9 Å². The average molecular weight is 418 g/mol. The van der Waals surface area contributed by atoms with E-state index in [2.05, 4.69) is 49.0 Å². The number of nitrogens with one attached hydrogen (secondary N) is 1. The molecule has 0 radical (unpaired) electrons. The van der Waals surface area contributed by atoms with Crippen LogP contribution in [-0.2, 0) is 7.05 Å². The van der Waals surface area contributed by atoms with Gasteiger partial charge in [0.05, 0.1) is 23.3 Å². The molecule has 6 heteroatoms.